The van der Waals surface area contributed by atoms with Gasteiger partial charge in [0, 0.05) is 36.8 Å². The summed E-state index contributed by atoms with van der Waals surface area (Å²) in [5, 5.41) is 5.39. The van der Waals surface area contributed by atoms with E-state index in [1.807, 2.05) is 13.0 Å². The third-order valence-electron chi connectivity index (χ3n) is 2.96. The summed E-state index contributed by atoms with van der Waals surface area (Å²) in [7, 11) is 0. The first-order chi connectivity index (χ1) is 11.7. The van der Waals surface area contributed by atoms with E-state index < -0.39 is 0 Å². The van der Waals surface area contributed by atoms with Crippen LogP contribution in [-0.4, -0.2) is 29.9 Å². The Morgan fingerprint density at radius 3 is 2.88 bits per heavy atom. The number of nitrogens with one attached hydrogen (secondary N) is 2. The maximum Gasteiger partial charge on any atom is 0.257 e. The normalized spacial score (nSPS) is 10.4. The fourth-order valence-electron chi connectivity index (χ4n) is 1.89. The van der Waals surface area contributed by atoms with Crippen molar-refractivity contribution in [2.75, 3.05) is 18.5 Å². The van der Waals surface area contributed by atoms with Crippen molar-refractivity contribution in [3.63, 3.8) is 0 Å². The molecule has 1 aromatic carbocycles. The molecule has 6 nitrogen and oxygen atoms in total. The van der Waals surface area contributed by atoms with Crippen molar-refractivity contribution < 1.29 is 14.3 Å². The van der Waals surface area contributed by atoms with E-state index in [4.69, 9.17) is 4.74 Å². The van der Waals surface area contributed by atoms with Crippen LogP contribution in [-0.2, 0) is 9.59 Å². The summed E-state index contributed by atoms with van der Waals surface area (Å²) in [5.41, 5.74) is 1.43. The van der Waals surface area contributed by atoms with Crippen molar-refractivity contribution in [1.82, 2.24) is 10.3 Å². The first kappa shape index (κ1) is 17.2. The monoisotopic (exact) mass is 325 g/mol. The van der Waals surface area contributed by atoms with E-state index in [2.05, 4.69) is 15.6 Å². The van der Waals surface area contributed by atoms with Gasteiger partial charge >= 0.3 is 0 Å². The molecule has 124 valence electrons. The minimum Gasteiger partial charge on any atom is -0.484 e. The molecule has 0 saturated carbocycles. The Kier molecular flexibility index (Phi) is 6.52. The molecule has 0 atom stereocenters. The number of amides is 2. The van der Waals surface area contributed by atoms with Crippen LogP contribution in [0.25, 0.3) is 6.08 Å². The lowest BCUT2D eigenvalue weighted by Crippen LogP contribution is -2.28. The maximum absolute atomic E-state index is 11.9. The van der Waals surface area contributed by atoms with Gasteiger partial charge in [-0.1, -0.05) is 12.1 Å². The number of carbonyl (C=O) groups excluding carboxylic acids is 2. The van der Waals surface area contributed by atoms with Crippen molar-refractivity contribution in [3.8, 4) is 5.75 Å². The zero-order chi connectivity index (χ0) is 17.2. The molecule has 0 unspecified atom stereocenters. The lowest BCUT2D eigenvalue weighted by molar-refractivity contribution is -0.123. The van der Waals surface area contributed by atoms with Crippen LogP contribution >= 0.6 is 0 Å². The second-order valence-corrected chi connectivity index (χ2v) is 4.88. The average Bonchev–Trinajstić information content (AvgIpc) is 2.60. The van der Waals surface area contributed by atoms with Gasteiger partial charge in [-0.3, -0.25) is 14.6 Å². The topological polar surface area (TPSA) is 80.3 Å². The molecule has 2 aromatic rings. The van der Waals surface area contributed by atoms with Crippen LogP contribution in [0.3, 0.4) is 0 Å². The van der Waals surface area contributed by atoms with Crippen molar-refractivity contribution >= 4 is 23.6 Å². The number of ether oxygens (including phenoxy) is 1. The second kappa shape index (κ2) is 9.09. The van der Waals surface area contributed by atoms with Gasteiger partial charge < -0.3 is 15.4 Å². The molecule has 2 amide bonds. The number of hydrogen-bond donors (Lipinski definition) is 2. The molecule has 1 heterocycles. The second-order valence-electron chi connectivity index (χ2n) is 4.88. The molecular weight excluding hydrogens is 306 g/mol. The highest BCUT2D eigenvalue weighted by Gasteiger charge is 2.03. The van der Waals surface area contributed by atoms with Gasteiger partial charge in [-0.05, 0) is 36.8 Å². The van der Waals surface area contributed by atoms with Gasteiger partial charge in [0.15, 0.2) is 6.61 Å². The molecular formula is C18H19N3O3. The summed E-state index contributed by atoms with van der Waals surface area (Å²) in [6, 6.07) is 10.5. The molecule has 0 saturated heterocycles. The Hall–Kier alpha value is -3.15. The van der Waals surface area contributed by atoms with Crippen molar-refractivity contribution in [2.24, 2.45) is 0 Å². The first-order valence-corrected chi connectivity index (χ1v) is 7.56. The number of benzene rings is 1. The number of nitrogens with zero attached hydrogens (tertiary/aromatic N) is 1. The number of pyridine rings is 1. The van der Waals surface area contributed by atoms with Crippen molar-refractivity contribution in [2.45, 2.75) is 6.92 Å². The van der Waals surface area contributed by atoms with Crippen molar-refractivity contribution in [1.29, 1.82) is 0 Å². The molecule has 0 radical (unpaired) electrons. The van der Waals surface area contributed by atoms with Crippen LogP contribution in [0.2, 0.25) is 0 Å². The Morgan fingerprint density at radius 2 is 2.12 bits per heavy atom. The van der Waals surface area contributed by atoms with Gasteiger partial charge in [0.05, 0.1) is 0 Å². The largest absolute Gasteiger partial charge is 0.484 e. The smallest absolute Gasteiger partial charge is 0.257 e. The lowest BCUT2D eigenvalue weighted by atomic mass is 10.2. The number of anilines is 1. The quantitative estimate of drug-likeness (QED) is 0.765. The molecule has 2 rings (SSSR count). The molecule has 0 fully saturated rings. The molecule has 6 heteroatoms. The Bertz CT molecular complexity index is 714. The Labute approximate surface area is 140 Å². The van der Waals surface area contributed by atoms with Crippen molar-refractivity contribution in [3.05, 3.63) is 60.4 Å². The zero-order valence-corrected chi connectivity index (χ0v) is 13.4. The molecule has 24 heavy (non-hydrogen) atoms. The van der Waals surface area contributed by atoms with Gasteiger partial charge in [0.1, 0.15) is 5.75 Å². The summed E-state index contributed by atoms with van der Waals surface area (Å²) in [4.78, 5) is 27.3. The van der Waals surface area contributed by atoms with Gasteiger partial charge in [0.2, 0.25) is 5.91 Å². The SMILES string of the molecule is CCNC(=O)COc1cccc(NC(=O)C=Cc2cccnc2)c1. The van der Waals surface area contributed by atoms with Gasteiger partial charge in [-0.25, -0.2) is 0 Å². The van der Waals surface area contributed by atoms with Crippen LogP contribution in [0, 0.1) is 0 Å². The highest BCUT2D eigenvalue weighted by molar-refractivity contribution is 6.02. The number of likely N-dealkylation sites (N-methyl/N-ethyl adjacent to an activating group) is 1. The number of carbonyl (C=O) groups is 2. The van der Waals surface area contributed by atoms with E-state index in [1.165, 1.54) is 6.08 Å². The van der Waals surface area contributed by atoms with Gasteiger partial charge in [-0.15, -0.1) is 0 Å². The van der Waals surface area contributed by atoms with E-state index in [9.17, 15) is 9.59 Å². The van der Waals surface area contributed by atoms with E-state index in [0.29, 0.717) is 18.0 Å². The molecule has 0 aliphatic heterocycles. The summed E-state index contributed by atoms with van der Waals surface area (Å²) in [5.74, 6) is 0.0568. The summed E-state index contributed by atoms with van der Waals surface area (Å²) in [6.07, 6.45) is 6.44. The predicted octanol–water partition coefficient (Wildman–Crippen LogP) is 2.25. The third kappa shape index (κ3) is 5.92. The van der Waals surface area contributed by atoms with E-state index >= 15 is 0 Å². The van der Waals surface area contributed by atoms with E-state index in [-0.39, 0.29) is 18.4 Å². The minimum absolute atomic E-state index is 0.0633. The molecule has 0 aliphatic rings. The fourth-order valence-corrected chi connectivity index (χ4v) is 1.89. The molecule has 0 bridgehead atoms. The summed E-state index contributed by atoms with van der Waals surface area (Å²) in [6.45, 7) is 2.33. The lowest BCUT2D eigenvalue weighted by Gasteiger charge is -2.08. The number of aromatic nitrogens is 1. The van der Waals surface area contributed by atoms with E-state index in [0.717, 1.165) is 5.56 Å². The zero-order valence-electron chi connectivity index (χ0n) is 13.4. The molecule has 2 N–H and O–H groups in total. The van der Waals surface area contributed by atoms with E-state index in [1.54, 1.807) is 48.8 Å². The fraction of sp³-hybridized carbons (Fsp3) is 0.167. The first-order valence-electron chi connectivity index (χ1n) is 7.56. The molecule has 0 aliphatic carbocycles. The standard InChI is InChI=1S/C18H19N3O3/c1-2-20-18(23)13-24-16-7-3-6-15(11-16)21-17(22)9-8-14-5-4-10-19-12-14/h3-12H,2,13H2,1H3,(H,20,23)(H,21,22). The third-order valence-corrected chi connectivity index (χ3v) is 2.96. The van der Waals surface area contributed by atoms with Gasteiger partial charge in [0.25, 0.3) is 5.91 Å². The number of rotatable bonds is 7. The molecule has 1 aromatic heterocycles. The summed E-state index contributed by atoms with van der Waals surface area (Å²) < 4.78 is 5.38. The summed E-state index contributed by atoms with van der Waals surface area (Å²) >= 11 is 0. The minimum atomic E-state index is -0.264. The van der Waals surface area contributed by atoms with Crippen LogP contribution in [0.1, 0.15) is 12.5 Å². The van der Waals surface area contributed by atoms with Crippen LogP contribution in [0.15, 0.2) is 54.9 Å². The maximum atomic E-state index is 11.9. The number of hydrogen-bond acceptors (Lipinski definition) is 4. The molecule has 0 spiro atoms. The van der Waals surface area contributed by atoms with Crippen LogP contribution in [0.4, 0.5) is 5.69 Å². The highest BCUT2D eigenvalue weighted by Crippen LogP contribution is 2.17. The van der Waals surface area contributed by atoms with Crippen LogP contribution < -0.4 is 15.4 Å². The predicted molar refractivity (Wildman–Crippen MR) is 92.5 cm³/mol. The average molecular weight is 325 g/mol. The van der Waals surface area contributed by atoms with Crippen LogP contribution in [0.5, 0.6) is 5.75 Å². The Balaban J connectivity index is 1.90. The highest BCUT2D eigenvalue weighted by atomic mass is 16.5. The Morgan fingerprint density at radius 1 is 1.25 bits per heavy atom. The van der Waals surface area contributed by atoms with Gasteiger partial charge in [-0.2, -0.15) is 0 Å².